The van der Waals surface area contributed by atoms with Crippen LogP contribution in [0.15, 0.2) is 54.6 Å². The van der Waals surface area contributed by atoms with Crippen LogP contribution >= 0.6 is 7.75 Å². The molecule has 0 aliphatic carbocycles. The summed E-state index contributed by atoms with van der Waals surface area (Å²) in [7, 11) is -2.16. The largest absolute Gasteiger partial charge is 0.512 e. The molecule has 0 aliphatic rings. The van der Waals surface area contributed by atoms with Gasteiger partial charge in [-0.15, -0.1) is 0 Å². The van der Waals surface area contributed by atoms with Crippen LogP contribution in [0.5, 0.6) is 11.5 Å². The van der Waals surface area contributed by atoms with Crippen LogP contribution in [0.2, 0.25) is 0 Å². The minimum Gasteiger partial charge on any atom is -0.405 e. The molecule has 0 spiro atoms. The highest BCUT2D eigenvalue weighted by Crippen LogP contribution is 2.44. The van der Waals surface area contributed by atoms with Crippen molar-refractivity contribution in [2.24, 2.45) is 0 Å². The van der Waals surface area contributed by atoms with E-state index in [2.05, 4.69) is 5.09 Å². The van der Waals surface area contributed by atoms with Crippen LogP contribution in [-0.4, -0.2) is 12.0 Å². The zero-order chi connectivity index (χ0) is 15.3. The summed E-state index contributed by atoms with van der Waals surface area (Å²) >= 11 is 0. The Bertz CT molecular complexity index is 660. The highest BCUT2D eigenvalue weighted by molar-refractivity contribution is 7.52. The molecule has 0 bridgehead atoms. The van der Waals surface area contributed by atoms with Gasteiger partial charge in [0.05, 0.1) is 4.92 Å². The monoisotopic (exact) mass is 308 g/mol. The van der Waals surface area contributed by atoms with E-state index in [1.54, 1.807) is 30.3 Å². The normalized spacial score (nSPS) is 13.2. The Kier molecular flexibility index (Phi) is 4.57. The number of benzene rings is 2. The van der Waals surface area contributed by atoms with E-state index in [1.807, 2.05) is 0 Å². The minimum atomic E-state index is -3.60. The molecule has 0 saturated carbocycles. The van der Waals surface area contributed by atoms with Crippen LogP contribution in [0.1, 0.15) is 0 Å². The third-order valence-electron chi connectivity index (χ3n) is 2.52. The Morgan fingerprint density at radius 3 is 2.00 bits per heavy atom. The van der Waals surface area contributed by atoms with Crippen LogP contribution in [-0.2, 0) is 4.57 Å². The first-order valence-electron chi connectivity index (χ1n) is 6.00. The second-order valence-electron chi connectivity index (χ2n) is 3.97. The maximum atomic E-state index is 12.5. The van der Waals surface area contributed by atoms with E-state index >= 15 is 0 Å². The number of para-hydroxylation sites is 1. The van der Waals surface area contributed by atoms with Crippen molar-refractivity contribution in [1.29, 1.82) is 0 Å². The molecule has 0 fully saturated rings. The van der Waals surface area contributed by atoms with Gasteiger partial charge in [-0.1, -0.05) is 18.2 Å². The predicted octanol–water partition coefficient (Wildman–Crippen LogP) is 3.38. The summed E-state index contributed by atoms with van der Waals surface area (Å²) in [6, 6.07) is 13.8. The molecule has 0 saturated heterocycles. The van der Waals surface area contributed by atoms with Crippen LogP contribution in [0.25, 0.3) is 0 Å². The van der Waals surface area contributed by atoms with Crippen molar-refractivity contribution in [3.8, 4) is 11.5 Å². The van der Waals surface area contributed by atoms with Crippen LogP contribution in [0.3, 0.4) is 0 Å². The first kappa shape index (κ1) is 15.0. The number of nitro groups is 1. The number of non-ortho nitro benzene ring substituents is 1. The van der Waals surface area contributed by atoms with Gasteiger partial charge in [0.25, 0.3) is 5.69 Å². The fourth-order valence-corrected chi connectivity index (χ4v) is 2.52. The number of nitrogens with one attached hydrogen (secondary N) is 1. The van der Waals surface area contributed by atoms with Crippen molar-refractivity contribution >= 4 is 13.4 Å². The van der Waals surface area contributed by atoms with Crippen molar-refractivity contribution in [3.05, 3.63) is 64.7 Å². The fraction of sp³-hybridized carbons (Fsp3) is 0.0769. The van der Waals surface area contributed by atoms with Gasteiger partial charge in [0, 0.05) is 12.1 Å². The second-order valence-corrected chi connectivity index (χ2v) is 5.78. The van der Waals surface area contributed by atoms with Gasteiger partial charge in [0.1, 0.15) is 11.5 Å². The van der Waals surface area contributed by atoms with Gasteiger partial charge in [-0.25, -0.2) is 9.65 Å². The zero-order valence-corrected chi connectivity index (χ0v) is 12.0. The van der Waals surface area contributed by atoms with Gasteiger partial charge >= 0.3 is 7.75 Å². The molecule has 1 unspecified atom stereocenters. The van der Waals surface area contributed by atoms with Gasteiger partial charge in [-0.3, -0.25) is 10.1 Å². The lowest BCUT2D eigenvalue weighted by atomic mass is 10.3. The Hall–Kier alpha value is -2.37. The molecule has 0 heterocycles. The molecule has 1 N–H and O–H groups in total. The van der Waals surface area contributed by atoms with E-state index in [-0.39, 0.29) is 11.4 Å². The van der Waals surface area contributed by atoms with Crippen LogP contribution in [0.4, 0.5) is 5.69 Å². The van der Waals surface area contributed by atoms with Gasteiger partial charge in [0.2, 0.25) is 0 Å². The molecule has 21 heavy (non-hydrogen) atoms. The van der Waals surface area contributed by atoms with Crippen molar-refractivity contribution in [1.82, 2.24) is 5.09 Å². The van der Waals surface area contributed by atoms with E-state index in [9.17, 15) is 14.7 Å². The molecule has 1 atom stereocenters. The summed E-state index contributed by atoms with van der Waals surface area (Å²) in [5.41, 5.74) is -0.0781. The fourth-order valence-electron chi connectivity index (χ4n) is 1.50. The maximum absolute atomic E-state index is 12.5. The topological polar surface area (TPSA) is 90.7 Å². The lowest BCUT2D eigenvalue weighted by Crippen LogP contribution is -2.14. The van der Waals surface area contributed by atoms with E-state index in [4.69, 9.17) is 9.05 Å². The van der Waals surface area contributed by atoms with Gasteiger partial charge in [-0.2, -0.15) is 0 Å². The number of hydrogen-bond acceptors (Lipinski definition) is 5. The first-order valence-corrected chi connectivity index (χ1v) is 7.54. The molecule has 0 aliphatic heterocycles. The standard InChI is InChI=1S/C13H13N2O5P/c1-14-21(18,19-12-5-3-2-4-6-12)20-13-9-7-11(8-10-13)15(16)17/h2-10H,1H3,(H,14,18). The van der Waals surface area contributed by atoms with Crippen LogP contribution < -0.4 is 14.1 Å². The Morgan fingerprint density at radius 2 is 1.52 bits per heavy atom. The highest BCUT2D eigenvalue weighted by Gasteiger charge is 2.26. The van der Waals surface area contributed by atoms with Gasteiger partial charge < -0.3 is 9.05 Å². The zero-order valence-electron chi connectivity index (χ0n) is 11.1. The summed E-state index contributed by atoms with van der Waals surface area (Å²) in [4.78, 5) is 10.0. The Labute approximate surface area is 121 Å². The predicted molar refractivity (Wildman–Crippen MR) is 77.5 cm³/mol. The summed E-state index contributed by atoms with van der Waals surface area (Å²) < 4.78 is 23.1. The Morgan fingerprint density at radius 1 is 1.00 bits per heavy atom. The molecule has 7 nitrogen and oxygen atoms in total. The van der Waals surface area contributed by atoms with Crippen LogP contribution in [0, 0.1) is 10.1 Å². The quantitative estimate of drug-likeness (QED) is 0.500. The van der Waals surface area contributed by atoms with E-state index < -0.39 is 12.7 Å². The molecule has 0 aromatic heterocycles. The Balaban J connectivity index is 2.14. The molecule has 2 aromatic carbocycles. The molecule has 0 amide bonds. The summed E-state index contributed by atoms with van der Waals surface area (Å²) in [5, 5.41) is 13.1. The molecule has 0 radical (unpaired) electrons. The van der Waals surface area contributed by atoms with E-state index in [1.165, 1.54) is 31.3 Å². The SMILES string of the molecule is CNP(=O)(Oc1ccccc1)Oc1ccc([N+](=O)[O-])cc1. The van der Waals surface area contributed by atoms with E-state index in [0.29, 0.717) is 5.75 Å². The average molecular weight is 308 g/mol. The molecule has 110 valence electrons. The van der Waals surface area contributed by atoms with Gasteiger partial charge in [0.15, 0.2) is 0 Å². The third kappa shape index (κ3) is 4.05. The smallest absolute Gasteiger partial charge is 0.405 e. The maximum Gasteiger partial charge on any atom is 0.512 e. The molecular formula is C13H13N2O5P. The first-order chi connectivity index (χ1) is 10.0. The summed E-state index contributed by atoms with van der Waals surface area (Å²) in [5.74, 6) is 0.589. The molecule has 2 aromatic rings. The van der Waals surface area contributed by atoms with E-state index in [0.717, 1.165) is 0 Å². The number of hydrogen-bond donors (Lipinski definition) is 1. The van der Waals surface area contributed by atoms with Crippen molar-refractivity contribution in [2.75, 3.05) is 7.05 Å². The number of nitrogens with zero attached hydrogens (tertiary/aromatic N) is 1. The molecule has 8 heteroatoms. The average Bonchev–Trinajstić information content (AvgIpc) is 2.48. The minimum absolute atomic E-state index is 0.0781. The van der Waals surface area contributed by atoms with Gasteiger partial charge in [-0.05, 0) is 31.3 Å². The lowest BCUT2D eigenvalue weighted by molar-refractivity contribution is -0.384. The summed E-state index contributed by atoms with van der Waals surface area (Å²) in [6.07, 6.45) is 0. The number of nitro benzene ring substituents is 1. The molecule has 2 rings (SSSR count). The molecular weight excluding hydrogens is 295 g/mol. The van der Waals surface area contributed by atoms with Crippen molar-refractivity contribution in [3.63, 3.8) is 0 Å². The van der Waals surface area contributed by atoms with Crippen molar-refractivity contribution < 1.29 is 18.5 Å². The highest BCUT2D eigenvalue weighted by atomic mass is 31.2. The summed E-state index contributed by atoms with van der Waals surface area (Å²) in [6.45, 7) is 0. The second kappa shape index (κ2) is 6.39. The lowest BCUT2D eigenvalue weighted by Gasteiger charge is -2.18. The number of rotatable bonds is 6. The van der Waals surface area contributed by atoms with Crippen molar-refractivity contribution in [2.45, 2.75) is 0 Å². The third-order valence-corrected chi connectivity index (χ3v) is 3.97.